The third kappa shape index (κ3) is 1.30. The summed E-state index contributed by atoms with van der Waals surface area (Å²) in [5.74, 6) is -0.421. The first-order valence-electron chi connectivity index (χ1n) is 2.21. The van der Waals surface area contributed by atoms with Crippen molar-refractivity contribution in [3.05, 3.63) is 0 Å². The van der Waals surface area contributed by atoms with Gasteiger partial charge in [-0.2, -0.15) is 8.78 Å². The zero-order valence-electron chi connectivity index (χ0n) is 3.69. The fraction of sp³-hybridized carbons (Fsp3) is 1.00. The third-order valence-corrected chi connectivity index (χ3v) is 1.43. The fourth-order valence-electron chi connectivity index (χ4n) is 0.431. The molecule has 3 heteroatoms. The Morgan fingerprint density at radius 3 is 1.86 bits per heavy atom. The molecule has 1 aliphatic rings. The molecule has 0 heterocycles. The minimum atomic E-state index is -2.69. The van der Waals surface area contributed by atoms with E-state index in [1.165, 1.54) is 0 Å². The summed E-state index contributed by atoms with van der Waals surface area (Å²) >= 11 is 3.08. The molecule has 1 rings (SSSR count). The zero-order valence-corrected chi connectivity index (χ0v) is 4.59. The van der Waals surface area contributed by atoms with Crippen molar-refractivity contribution >= 4 is 12.6 Å². The summed E-state index contributed by atoms with van der Waals surface area (Å²) < 4.78 is 23.5. The second-order valence-electron chi connectivity index (χ2n) is 1.86. The van der Waals surface area contributed by atoms with Crippen LogP contribution < -0.4 is 0 Å². The number of hydrogen-bond acceptors (Lipinski definition) is 1. The Balaban J connectivity index is 2.36. The van der Waals surface area contributed by atoms with Gasteiger partial charge in [0.25, 0.3) is 5.25 Å². The molecule has 1 fully saturated rings. The molecule has 7 heavy (non-hydrogen) atoms. The van der Waals surface area contributed by atoms with E-state index in [-0.39, 0.29) is 0 Å². The average Bonchev–Trinajstić information content (AvgIpc) is 1.99. The van der Waals surface area contributed by atoms with E-state index in [0.717, 1.165) is 0 Å². The summed E-state index contributed by atoms with van der Waals surface area (Å²) in [7, 11) is 0. The minimum absolute atomic E-state index is 0.421. The van der Waals surface area contributed by atoms with E-state index in [1.54, 1.807) is 0 Å². The van der Waals surface area contributed by atoms with Crippen LogP contribution in [0.1, 0.15) is 12.8 Å². The van der Waals surface area contributed by atoms with Crippen molar-refractivity contribution in [3.8, 4) is 0 Å². The van der Waals surface area contributed by atoms with Gasteiger partial charge in [0.1, 0.15) is 0 Å². The number of thiol groups is 1. The Hall–Kier alpha value is 0.210. The van der Waals surface area contributed by atoms with Crippen LogP contribution in [-0.4, -0.2) is 5.25 Å². The van der Waals surface area contributed by atoms with E-state index in [1.807, 2.05) is 0 Å². The van der Waals surface area contributed by atoms with Gasteiger partial charge in [-0.1, -0.05) is 0 Å². The maximum absolute atomic E-state index is 11.8. The number of alkyl halides is 2. The largest absolute Gasteiger partial charge is 0.293 e. The molecule has 0 aromatic rings. The Morgan fingerprint density at radius 2 is 1.86 bits per heavy atom. The van der Waals surface area contributed by atoms with E-state index < -0.39 is 11.2 Å². The van der Waals surface area contributed by atoms with Gasteiger partial charge in [-0.05, 0) is 12.8 Å². The highest BCUT2D eigenvalue weighted by Gasteiger charge is 2.43. The Bertz CT molecular complexity index is 72.2. The molecular formula is C4H6F2S. The van der Waals surface area contributed by atoms with Gasteiger partial charge in [-0.15, -0.1) is 12.6 Å². The summed E-state index contributed by atoms with van der Waals surface area (Å²) in [5.41, 5.74) is 0. The lowest BCUT2D eigenvalue weighted by molar-refractivity contribution is 0.0833. The van der Waals surface area contributed by atoms with Gasteiger partial charge < -0.3 is 0 Å². The van der Waals surface area contributed by atoms with Gasteiger partial charge in [-0.25, -0.2) is 0 Å². The molecule has 1 saturated carbocycles. The van der Waals surface area contributed by atoms with Crippen LogP contribution in [0.15, 0.2) is 0 Å². The summed E-state index contributed by atoms with van der Waals surface area (Å²) in [4.78, 5) is 0. The van der Waals surface area contributed by atoms with Crippen molar-refractivity contribution in [2.24, 2.45) is 5.92 Å². The first-order valence-corrected chi connectivity index (χ1v) is 2.65. The maximum Gasteiger partial charge on any atom is 0.293 e. The lowest BCUT2D eigenvalue weighted by Crippen LogP contribution is -2.07. The minimum Gasteiger partial charge on any atom is -0.194 e. The van der Waals surface area contributed by atoms with Crippen LogP contribution in [-0.2, 0) is 0 Å². The highest BCUT2D eigenvalue weighted by Crippen LogP contribution is 2.45. The molecule has 0 aromatic heterocycles. The Kier molecular flexibility index (Phi) is 1.02. The molecule has 42 valence electrons. The highest BCUT2D eigenvalue weighted by molar-refractivity contribution is 7.81. The second-order valence-corrected chi connectivity index (χ2v) is 2.46. The summed E-state index contributed by atoms with van der Waals surface area (Å²) in [6, 6.07) is 0. The maximum atomic E-state index is 11.8. The van der Waals surface area contributed by atoms with Crippen LogP contribution in [0.2, 0.25) is 0 Å². The predicted molar refractivity (Wildman–Crippen MR) is 26.7 cm³/mol. The van der Waals surface area contributed by atoms with E-state index >= 15 is 0 Å². The van der Waals surface area contributed by atoms with Crippen LogP contribution in [0, 0.1) is 5.92 Å². The zero-order chi connectivity index (χ0) is 5.49. The van der Waals surface area contributed by atoms with Gasteiger partial charge >= 0.3 is 0 Å². The lowest BCUT2D eigenvalue weighted by Gasteiger charge is -2.03. The Labute approximate surface area is 46.3 Å². The molecule has 0 saturated heterocycles. The quantitative estimate of drug-likeness (QED) is 0.507. The molecule has 0 atom stereocenters. The van der Waals surface area contributed by atoms with E-state index in [2.05, 4.69) is 12.6 Å². The molecule has 0 N–H and O–H groups in total. The molecule has 1 aliphatic carbocycles. The number of hydrogen-bond donors (Lipinski definition) is 1. The van der Waals surface area contributed by atoms with E-state index in [0.29, 0.717) is 12.8 Å². The SMILES string of the molecule is FC(F)(S)C1CC1. The van der Waals surface area contributed by atoms with E-state index in [9.17, 15) is 8.78 Å². The third-order valence-electron chi connectivity index (χ3n) is 1.07. The van der Waals surface area contributed by atoms with E-state index in [4.69, 9.17) is 0 Å². The average molecular weight is 124 g/mol. The topological polar surface area (TPSA) is 0 Å². The van der Waals surface area contributed by atoms with Crippen LogP contribution in [0.5, 0.6) is 0 Å². The van der Waals surface area contributed by atoms with Crippen molar-refractivity contribution in [2.75, 3.05) is 0 Å². The van der Waals surface area contributed by atoms with Crippen LogP contribution in [0.4, 0.5) is 8.78 Å². The fourth-order valence-corrected chi connectivity index (χ4v) is 0.689. The summed E-state index contributed by atoms with van der Waals surface area (Å²) in [5, 5.41) is -2.69. The second kappa shape index (κ2) is 1.34. The van der Waals surface area contributed by atoms with Gasteiger partial charge in [0.05, 0.1) is 0 Å². The highest BCUT2D eigenvalue weighted by atomic mass is 32.1. The van der Waals surface area contributed by atoms with Crippen molar-refractivity contribution in [3.63, 3.8) is 0 Å². The van der Waals surface area contributed by atoms with Crippen molar-refractivity contribution in [1.29, 1.82) is 0 Å². The van der Waals surface area contributed by atoms with Crippen LogP contribution in [0.3, 0.4) is 0 Å². The van der Waals surface area contributed by atoms with Gasteiger partial charge in [0, 0.05) is 5.92 Å². The Morgan fingerprint density at radius 1 is 1.43 bits per heavy atom. The monoisotopic (exact) mass is 124 g/mol. The molecule has 0 bridgehead atoms. The molecule has 0 aromatic carbocycles. The lowest BCUT2D eigenvalue weighted by atomic mass is 10.5. The van der Waals surface area contributed by atoms with Crippen molar-refractivity contribution in [2.45, 2.75) is 18.1 Å². The standard InChI is InChI=1S/C4H6F2S/c5-4(6,7)3-1-2-3/h3,7H,1-2H2. The molecule has 0 spiro atoms. The molecule has 0 aliphatic heterocycles. The molecule has 0 radical (unpaired) electrons. The molecule has 0 unspecified atom stereocenters. The molecular weight excluding hydrogens is 118 g/mol. The molecule has 0 amide bonds. The summed E-state index contributed by atoms with van der Waals surface area (Å²) in [6.07, 6.45) is 1.30. The first kappa shape index (κ1) is 5.35. The predicted octanol–water partition coefficient (Wildman–Crippen LogP) is 1.92. The smallest absolute Gasteiger partial charge is 0.194 e. The van der Waals surface area contributed by atoms with Gasteiger partial charge in [-0.3, -0.25) is 0 Å². The van der Waals surface area contributed by atoms with Crippen LogP contribution in [0.25, 0.3) is 0 Å². The number of rotatable bonds is 1. The summed E-state index contributed by atoms with van der Waals surface area (Å²) in [6.45, 7) is 0. The first-order chi connectivity index (χ1) is 3.11. The van der Waals surface area contributed by atoms with Crippen molar-refractivity contribution in [1.82, 2.24) is 0 Å². The normalized spacial score (nSPS) is 22.7. The van der Waals surface area contributed by atoms with Gasteiger partial charge in [0.2, 0.25) is 0 Å². The van der Waals surface area contributed by atoms with Gasteiger partial charge in [0.15, 0.2) is 0 Å². The van der Waals surface area contributed by atoms with Crippen LogP contribution >= 0.6 is 12.6 Å². The molecule has 0 nitrogen and oxygen atoms in total. The number of halogens is 2. The van der Waals surface area contributed by atoms with Crippen molar-refractivity contribution < 1.29 is 8.78 Å².